The molecule has 0 spiro atoms. The van der Waals surface area contributed by atoms with Crippen LogP contribution in [0.15, 0.2) is 53.4 Å². The predicted molar refractivity (Wildman–Crippen MR) is 89.1 cm³/mol. The minimum absolute atomic E-state index is 0.0313. The Labute approximate surface area is 142 Å². The van der Waals surface area contributed by atoms with Gasteiger partial charge in [-0.1, -0.05) is 41.7 Å². The van der Waals surface area contributed by atoms with E-state index in [0.29, 0.717) is 5.01 Å². The molecule has 124 valence electrons. The number of rotatable bonds is 5. The van der Waals surface area contributed by atoms with Gasteiger partial charge in [0, 0.05) is 5.56 Å². The number of hydrogen-bond donors (Lipinski definition) is 1. The van der Waals surface area contributed by atoms with Crippen LogP contribution in [0.3, 0.4) is 0 Å². The second-order valence-corrected chi connectivity index (χ2v) is 7.34. The second kappa shape index (κ2) is 6.54. The number of benzene rings is 2. The number of nitrogens with one attached hydrogen (secondary N) is 1. The first-order chi connectivity index (χ1) is 11.5. The summed E-state index contributed by atoms with van der Waals surface area (Å²) in [5, 5.41) is 8.46. The molecule has 0 radical (unpaired) electrons. The fraction of sp³-hybridized carbons (Fsp3) is 0.0667. The maximum Gasteiger partial charge on any atom is 0.263 e. The lowest BCUT2D eigenvalue weighted by Crippen LogP contribution is -2.13. The highest BCUT2D eigenvalue weighted by atomic mass is 32.2. The third kappa shape index (κ3) is 3.36. The lowest BCUT2D eigenvalue weighted by molar-refractivity contribution is 0.385. The van der Waals surface area contributed by atoms with E-state index >= 15 is 0 Å². The molecule has 3 rings (SSSR count). The Bertz CT molecular complexity index is 959. The van der Waals surface area contributed by atoms with E-state index in [4.69, 9.17) is 4.74 Å². The van der Waals surface area contributed by atoms with Crippen molar-refractivity contribution in [1.82, 2.24) is 10.2 Å². The van der Waals surface area contributed by atoms with Crippen LogP contribution in [0.1, 0.15) is 0 Å². The smallest absolute Gasteiger partial charge is 0.263 e. The van der Waals surface area contributed by atoms with Gasteiger partial charge in [-0.25, -0.2) is 12.8 Å². The number of aromatic nitrogens is 2. The van der Waals surface area contributed by atoms with Crippen molar-refractivity contribution in [3.63, 3.8) is 0 Å². The molecule has 6 nitrogen and oxygen atoms in total. The quantitative estimate of drug-likeness (QED) is 0.751. The van der Waals surface area contributed by atoms with Gasteiger partial charge in [-0.3, -0.25) is 4.72 Å². The van der Waals surface area contributed by atoms with Crippen LogP contribution in [0, 0.1) is 5.82 Å². The maximum atomic E-state index is 13.7. The monoisotopic (exact) mass is 365 g/mol. The summed E-state index contributed by atoms with van der Waals surface area (Å²) < 4.78 is 45.4. The summed E-state index contributed by atoms with van der Waals surface area (Å²) in [6, 6.07) is 12.6. The zero-order chi connectivity index (χ0) is 17.2. The number of halogens is 1. The summed E-state index contributed by atoms with van der Waals surface area (Å²) in [6.45, 7) is 0. The Kier molecular flexibility index (Phi) is 4.45. The minimum Gasteiger partial charge on any atom is -0.494 e. The second-order valence-electron chi connectivity index (χ2n) is 4.68. The number of ether oxygens (including phenoxy) is 1. The van der Waals surface area contributed by atoms with E-state index in [-0.39, 0.29) is 15.8 Å². The Morgan fingerprint density at radius 2 is 1.88 bits per heavy atom. The first-order valence-electron chi connectivity index (χ1n) is 6.75. The van der Waals surface area contributed by atoms with Crippen LogP contribution in [0.4, 0.5) is 9.52 Å². The van der Waals surface area contributed by atoms with E-state index in [1.54, 1.807) is 0 Å². The maximum absolute atomic E-state index is 13.7. The Balaban J connectivity index is 1.85. The first-order valence-corrected chi connectivity index (χ1v) is 9.05. The zero-order valence-electron chi connectivity index (χ0n) is 12.4. The molecule has 0 fully saturated rings. The molecule has 0 aliphatic carbocycles. The SMILES string of the molecule is COc1ccc(S(=O)(=O)Nc2nnc(-c3ccccc3)s2)cc1F. The van der Waals surface area contributed by atoms with E-state index in [0.717, 1.165) is 23.0 Å². The van der Waals surface area contributed by atoms with Gasteiger partial charge in [0.05, 0.1) is 12.0 Å². The third-order valence-corrected chi connectivity index (χ3v) is 5.45. The van der Waals surface area contributed by atoms with E-state index in [2.05, 4.69) is 14.9 Å². The number of methoxy groups -OCH3 is 1. The van der Waals surface area contributed by atoms with Gasteiger partial charge in [-0.05, 0) is 18.2 Å². The van der Waals surface area contributed by atoms with Crippen LogP contribution < -0.4 is 9.46 Å². The molecule has 0 aliphatic heterocycles. The molecule has 1 heterocycles. The molecule has 0 saturated heterocycles. The van der Waals surface area contributed by atoms with Crippen LogP contribution in [-0.4, -0.2) is 25.7 Å². The fourth-order valence-electron chi connectivity index (χ4n) is 1.95. The lowest BCUT2D eigenvalue weighted by Gasteiger charge is -2.06. The van der Waals surface area contributed by atoms with Crippen molar-refractivity contribution in [3.8, 4) is 16.3 Å². The van der Waals surface area contributed by atoms with E-state index in [1.807, 2.05) is 30.3 Å². The minimum atomic E-state index is -3.97. The van der Waals surface area contributed by atoms with Gasteiger partial charge in [0.2, 0.25) is 5.13 Å². The molecular weight excluding hydrogens is 353 g/mol. The van der Waals surface area contributed by atoms with Crippen LogP contribution in [0.2, 0.25) is 0 Å². The summed E-state index contributed by atoms with van der Waals surface area (Å²) in [4.78, 5) is -0.225. The summed E-state index contributed by atoms with van der Waals surface area (Å²) in [5.74, 6) is -0.793. The Morgan fingerprint density at radius 1 is 1.12 bits per heavy atom. The van der Waals surface area contributed by atoms with Crippen molar-refractivity contribution in [2.75, 3.05) is 11.8 Å². The van der Waals surface area contributed by atoms with Crippen molar-refractivity contribution in [2.45, 2.75) is 4.90 Å². The van der Waals surface area contributed by atoms with Gasteiger partial charge in [-0.2, -0.15) is 0 Å². The highest BCUT2D eigenvalue weighted by Crippen LogP contribution is 2.28. The molecule has 0 saturated carbocycles. The average Bonchev–Trinajstić information content (AvgIpc) is 3.03. The van der Waals surface area contributed by atoms with Crippen LogP contribution in [0.25, 0.3) is 10.6 Å². The van der Waals surface area contributed by atoms with Gasteiger partial charge in [-0.15, -0.1) is 10.2 Å². The van der Waals surface area contributed by atoms with Crippen molar-refractivity contribution in [3.05, 3.63) is 54.3 Å². The molecule has 0 aliphatic rings. The molecule has 1 aromatic heterocycles. The van der Waals surface area contributed by atoms with Crippen LogP contribution in [-0.2, 0) is 10.0 Å². The molecule has 2 aromatic carbocycles. The van der Waals surface area contributed by atoms with Crippen LogP contribution >= 0.6 is 11.3 Å². The number of anilines is 1. The van der Waals surface area contributed by atoms with Crippen molar-refractivity contribution in [1.29, 1.82) is 0 Å². The number of hydrogen-bond acceptors (Lipinski definition) is 6. The molecular formula is C15H12FN3O3S2. The molecule has 3 aromatic rings. The molecule has 24 heavy (non-hydrogen) atoms. The van der Waals surface area contributed by atoms with E-state index in [1.165, 1.54) is 19.2 Å². The molecule has 9 heteroatoms. The number of sulfonamides is 1. The van der Waals surface area contributed by atoms with Gasteiger partial charge < -0.3 is 4.74 Å². The van der Waals surface area contributed by atoms with Crippen molar-refractivity contribution >= 4 is 26.5 Å². The Hall–Kier alpha value is -2.52. The fourth-order valence-corrected chi connectivity index (χ4v) is 3.94. The summed E-state index contributed by atoms with van der Waals surface area (Å²) in [6.07, 6.45) is 0. The van der Waals surface area contributed by atoms with Gasteiger partial charge in [0.25, 0.3) is 10.0 Å². The highest BCUT2D eigenvalue weighted by molar-refractivity contribution is 7.93. The van der Waals surface area contributed by atoms with Crippen molar-refractivity contribution < 1.29 is 17.5 Å². The topological polar surface area (TPSA) is 81.2 Å². The summed E-state index contributed by atoms with van der Waals surface area (Å²) >= 11 is 1.09. The molecule has 0 unspecified atom stereocenters. The van der Waals surface area contributed by atoms with Gasteiger partial charge in [0.15, 0.2) is 11.6 Å². The summed E-state index contributed by atoms with van der Waals surface area (Å²) in [5.41, 5.74) is 0.830. The normalized spacial score (nSPS) is 11.2. The van der Waals surface area contributed by atoms with E-state index in [9.17, 15) is 12.8 Å². The Morgan fingerprint density at radius 3 is 2.54 bits per heavy atom. The highest BCUT2D eigenvalue weighted by Gasteiger charge is 2.19. The standard InChI is InChI=1S/C15H12FN3O3S2/c1-22-13-8-7-11(9-12(13)16)24(20,21)19-15-18-17-14(23-15)10-5-3-2-4-6-10/h2-9H,1H3,(H,18,19). The molecule has 0 amide bonds. The third-order valence-electron chi connectivity index (χ3n) is 3.10. The average molecular weight is 365 g/mol. The largest absolute Gasteiger partial charge is 0.494 e. The van der Waals surface area contributed by atoms with Gasteiger partial charge >= 0.3 is 0 Å². The lowest BCUT2D eigenvalue weighted by atomic mass is 10.2. The molecule has 0 bridgehead atoms. The summed E-state index contributed by atoms with van der Waals surface area (Å²) in [7, 11) is -2.66. The van der Waals surface area contributed by atoms with Gasteiger partial charge in [0.1, 0.15) is 5.01 Å². The number of nitrogens with zero attached hydrogens (tertiary/aromatic N) is 2. The molecule has 1 N–H and O–H groups in total. The predicted octanol–water partition coefficient (Wildman–Crippen LogP) is 3.15. The van der Waals surface area contributed by atoms with Crippen molar-refractivity contribution in [2.24, 2.45) is 0 Å². The van der Waals surface area contributed by atoms with Crippen LogP contribution in [0.5, 0.6) is 5.75 Å². The molecule has 0 atom stereocenters. The first kappa shape index (κ1) is 16.3. The zero-order valence-corrected chi connectivity index (χ0v) is 14.1. The van der Waals surface area contributed by atoms with E-state index < -0.39 is 15.8 Å².